The molecule has 35 heavy (non-hydrogen) atoms. The predicted octanol–water partition coefficient (Wildman–Crippen LogP) is 5.57. The number of para-hydroxylation sites is 2. The summed E-state index contributed by atoms with van der Waals surface area (Å²) in [6.45, 7) is 2.92. The Bertz CT molecular complexity index is 1480. The molecule has 2 aliphatic rings. The number of amides is 4. The van der Waals surface area contributed by atoms with Crippen molar-refractivity contribution >= 4 is 45.0 Å². The minimum Gasteiger partial charge on any atom is -0.456 e. The molecule has 1 atom stereocenters. The number of carbonyl (C=O) groups is 2. The lowest BCUT2D eigenvalue weighted by atomic mass is 10.1. The third-order valence-corrected chi connectivity index (χ3v) is 7.49. The van der Waals surface area contributed by atoms with Gasteiger partial charge in [-0.05, 0) is 43.2 Å². The second-order valence-corrected chi connectivity index (χ2v) is 9.72. The lowest BCUT2D eigenvalue weighted by Gasteiger charge is -2.30. The van der Waals surface area contributed by atoms with Crippen LogP contribution in [-0.4, -0.2) is 41.1 Å². The van der Waals surface area contributed by atoms with Crippen molar-refractivity contribution in [2.45, 2.75) is 19.4 Å². The maximum atomic E-state index is 13.6. The van der Waals surface area contributed by atoms with Crippen LogP contribution in [0.15, 0.2) is 60.8 Å². The van der Waals surface area contributed by atoms with E-state index in [4.69, 9.17) is 10.5 Å². The van der Waals surface area contributed by atoms with E-state index in [0.29, 0.717) is 36.6 Å². The summed E-state index contributed by atoms with van der Waals surface area (Å²) in [4.78, 5) is 35.7. The highest BCUT2D eigenvalue weighted by atomic mass is 32.1. The van der Waals surface area contributed by atoms with Gasteiger partial charge < -0.3 is 20.7 Å². The SMILES string of the molecule is Cc1ccccc1Oc1ccccc1-c1sc2nccc3c2c1N(C(=O)N1CC[C@H](N)C1)C(=O)N3. The number of ether oxygens (including phenoxy) is 1. The number of benzene rings is 2. The van der Waals surface area contributed by atoms with Crippen LogP contribution in [0, 0.1) is 6.92 Å². The van der Waals surface area contributed by atoms with E-state index in [1.165, 1.54) is 16.2 Å². The van der Waals surface area contributed by atoms with E-state index in [2.05, 4.69) is 10.3 Å². The molecule has 0 saturated carbocycles. The van der Waals surface area contributed by atoms with Crippen LogP contribution in [0.2, 0.25) is 0 Å². The monoisotopic (exact) mass is 485 g/mol. The smallest absolute Gasteiger partial charge is 0.334 e. The molecule has 1 fully saturated rings. The largest absolute Gasteiger partial charge is 0.456 e. The summed E-state index contributed by atoms with van der Waals surface area (Å²) in [5.41, 5.74) is 9.00. The topological polar surface area (TPSA) is 101 Å². The fraction of sp³-hybridized carbons (Fsp3) is 0.192. The molecule has 0 bridgehead atoms. The summed E-state index contributed by atoms with van der Waals surface area (Å²) >= 11 is 1.43. The molecule has 2 aliphatic heterocycles. The fourth-order valence-corrected chi connectivity index (χ4v) is 5.78. The number of pyridine rings is 1. The van der Waals surface area contributed by atoms with E-state index in [-0.39, 0.29) is 12.1 Å². The van der Waals surface area contributed by atoms with E-state index in [9.17, 15) is 9.59 Å². The summed E-state index contributed by atoms with van der Waals surface area (Å²) in [5.74, 6) is 1.37. The van der Waals surface area contributed by atoms with Crippen LogP contribution in [0.4, 0.5) is 21.0 Å². The molecule has 0 radical (unpaired) electrons. The lowest BCUT2D eigenvalue weighted by Crippen LogP contribution is -2.49. The molecule has 176 valence electrons. The first kappa shape index (κ1) is 21.6. The number of thiophene rings is 1. The third-order valence-electron chi connectivity index (χ3n) is 6.37. The second-order valence-electron chi connectivity index (χ2n) is 8.73. The van der Waals surface area contributed by atoms with Gasteiger partial charge in [-0.3, -0.25) is 0 Å². The summed E-state index contributed by atoms with van der Waals surface area (Å²) in [6, 6.07) is 16.2. The molecular formula is C26H23N5O3S. The number of hydrogen-bond donors (Lipinski definition) is 2. The van der Waals surface area contributed by atoms with Crippen molar-refractivity contribution in [2.75, 3.05) is 23.3 Å². The quantitative estimate of drug-likeness (QED) is 0.395. The molecule has 3 N–H and O–H groups in total. The van der Waals surface area contributed by atoms with Crippen molar-refractivity contribution < 1.29 is 14.3 Å². The van der Waals surface area contributed by atoms with Crippen molar-refractivity contribution in [1.82, 2.24) is 9.88 Å². The number of aryl methyl sites for hydroxylation is 1. The molecular weight excluding hydrogens is 462 g/mol. The Labute approximate surface area is 205 Å². The fourth-order valence-electron chi connectivity index (χ4n) is 4.60. The molecule has 4 amide bonds. The van der Waals surface area contributed by atoms with Gasteiger partial charge in [0.2, 0.25) is 0 Å². The Hall–Kier alpha value is -3.95. The zero-order valence-corrected chi connectivity index (χ0v) is 19.8. The van der Waals surface area contributed by atoms with Crippen LogP contribution in [0.1, 0.15) is 12.0 Å². The zero-order valence-electron chi connectivity index (χ0n) is 19.0. The number of urea groups is 2. The van der Waals surface area contributed by atoms with Gasteiger partial charge in [-0.15, -0.1) is 11.3 Å². The molecule has 0 unspecified atom stereocenters. The zero-order chi connectivity index (χ0) is 24.1. The van der Waals surface area contributed by atoms with E-state index in [1.807, 2.05) is 55.5 Å². The van der Waals surface area contributed by atoms with Gasteiger partial charge in [0.1, 0.15) is 16.3 Å². The number of imide groups is 1. The molecule has 9 heteroatoms. The van der Waals surface area contributed by atoms with Crippen molar-refractivity contribution in [3.05, 3.63) is 66.4 Å². The Morgan fingerprint density at radius 2 is 1.91 bits per heavy atom. The molecule has 0 aliphatic carbocycles. The van der Waals surface area contributed by atoms with Gasteiger partial charge in [0.05, 0.1) is 21.6 Å². The van der Waals surface area contributed by atoms with Crippen LogP contribution >= 0.6 is 11.3 Å². The van der Waals surface area contributed by atoms with Crippen LogP contribution in [0.5, 0.6) is 11.5 Å². The van der Waals surface area contributed by atoms with Crippen LogP contribution in [0.25, 0.3) is 20.7 Å². The maximum Gasteiger partial charge on any atom is 0.334 e. The number of nitrogens with two attached hydrogens (primary N) is 1. The van der Waals surface area contributed by atoms with Crippen molar-refractivity contribution in [3.8, 4) is 21.9 Å². The summed E-state index contributed by atoms with van der Waals surface area (Å²) in [6.07, 6.45) is 2.37. The van der Waals surface area contributed by atoms with E-state index < -0.39 is 6.03 Å². The molecule has 2 aromatic carbocycles. The number of aromatic nitrogens is 1. The van der Waals surface area contributed by atoms with E-state index in [1.54, 1.807) is 17.2 Å². The predicted molar refractivity (Wildman–Crippen MR) is 137 cm³/mol. The summed E-state index contributed by atoms with van der Waals surface area (Å²) in [5, 5.41) is 3.61. The molecule has 6 rings (SSSR count). The number of carbonyl (C=O) groups excluding carboxylic acids is 2. The van der Waals surface area contributed by atoms with Gasteiger partial charge in [0.25, 0.3) is 0 Å². The Kier molecular flexibility index (Phi) is 5.16. The Morgan fingerprint density at radius 1 is 1.14 bits per heavy atom. The van der Waals surface area contributed by atoms with Crippen molar-refractivity contribution in [1.29, 1.82) is 0 Å². The average Bonchev–Trinajstić information content (AvgIpc) is 3.46. The van der Waals surface area contributed by atoms with E-state index >= 15 is 0 Å². The third kappa shape index (κ3) is 3.60. The summed E-state index contributed by atoms with van der Waals surface area (Å²) < 4.78 is 6.33. The molecule has 0 spiro atoms. The maximum absolute atomic E-state index is 13.6. The van der Waals surface area contributed by atoms with Crippen LogP contribution in [0.3, 0.4) is 0 Å². The van der Waals surface area contributed by atoms with Gasteiger partial charge in [-0.1, -0.05) is 30.3 Å². The van der Waals surface area contributed by atoms with Gasteiger partial charge in [0, 0.05) is 30.9 Å². The number of nitrogens with one attached hydrogen (secondary N) is 1. The molecule has 1 saturated heterocycles. The van der Waals surface area contributed by atoms with Crippen LogP contribution in [-0.2, 0) is 0 Å². The second kappa shape index (κ2) is 8.37. The number of hydrogen-bond acceptors (Lipinski definition) is 6. The van der Waals surface area contributed by atoms with Crippen LogP contribution < -0.4 is 20.7 Å². The van der Waals surface area contributed by atoms with E-state index in [0.717, 1.165) is 32.0 Å². The van der Waals surface area contributed by atoms with Gasteiger partial charge in [-0.2, -0.15) is 0 Å². The molecule has 2 aromatic heterocycles. The number of rotatable bonds is 3. The number of nitrogens with zero attached hydrogens (tertiary/aromatic N) is 3. The first-order valence-corrected chi connectivity index (χ1v) is 12.2. The minimum atomic E-state index is -0.493. The molecule has 4 heterocycles. The minimum absolute atomic E-state index is 0.0917. The average molecular weight is 486 g/mol. The highest BCUT2D eigenvalue weighted by molar-refractivity contribution is 7.23. The Balaban J connectivity index is 1.53. The number of anilines is 2. The molecule has 8 nitrogen and oxygen atoms in total. The standard InChI is InChI=1S/C26H23N5O3S/c1-15-6-2-4-8-19(15)34-20-9-5-3-7-17(20)23-22-21-18(10-12-28-24(21)35-23)29-25(32)31(22)26(33)30-13-11-16(27)14-30/h2-10,12,16H,11,13-14,27H2,1H3,(H,29,32)/t16-/m0/s1. The Morgan fingerprint density at radius 3 is 2.69 bits per heavy atom. The highest BCUT2D eigenvalue weighted by Crippen LogP contribution is 2.51. The normalized spacial score (nSPS) is 17.1. The highest BCUT2D eigenvalue weighted by Gasteiger charge is 2.39. The summed E-state index contributed by atoms with van der Waals surface area (Å²) in [7, 11) is 0. The number of likely N-dealkylation sites (tertiary alicyclic amines) is 1. The van der Waals surface area contributed by atoms with Gasteiger partial charge in [0.15, 0.2) is 0 Å². The lowest BCUT2D eigenvalue weighted by molar-refractivity contribution is 0.213. The van der Waals surface area contributed by atoms with Gasteiger partial charge >= 0.3 is 12.1 Å². The van der Waals surface area contributed by atoms with Gasteiger partial charge in [-0.25, -0.2) is 19.5 Å². The van der Waals surface area contributed by atoms with Crippen molar-refractivity contribution in [3.63, 3.8) is 0 Å². The first-order valence-electron chi connectivity index (χ1n) is 11.4. The first-order chi connectivity index (χ1) is 17.0. The molecule has 4 aromatic rings. The van der Waals surface area contributed by atoms with Crippen molar-refractivity contribution in [2.24, 2.45) is 5.73 Å².